The van der Waals surface area contributed by atoms with Crippen molar-refractivity contribution in [2.75, 3.05) is 13.1 Å². The smallest absolute Gasteiger partial charge is 0.264 e. The highest BCUT2D eigenvalue weighted by Crippen LogP contribution is 2.23. The summed E-state index contributed by atoms with van der Waals surface area (Å²) in [6.45, 7) is 6.25. The van der Waals surface area contributed by atoms with E-state index < -0.39 is 12.1 Å². The van der Waals surface area contributed by atoms with Crippen LogP contribution >= 0.6 is 11.6 Å². The Morgan fingerprint density at radius 1 is 1.52 bits per heavy atom. The summed E-state index contributed by atoms with van der Waals surface area (Å²) in [5.41, 5.74) is 0.867. The van der Waals surface area contributed by atoms with E-state index in [0.29, 0.717) is 23.9 Å². The Kier molecular flexibility index (Phi) is 4.73. The number of carbonyl (C=O) groups excluding carboxylic acids is 2. The van der Waals surface area contributed by atoms with E-state index in [0.717, 1.165) is 5.56 Å². The van der Waals surface area contributed by atoms with Crippen LogP contribution in [-0.4, -0.2) is 41.9 Å². The second kappa shape index (κ2) is 6.35. The van der Waals surface area contributed by atoms with Crippen molar-refractivity contribution in [1.82, 2.24) is 10.2 Å². The van der Waals surface area contributed by atoms with Gasteiger partial charge in [-0.05, 0) is 44.5 Å². The molecule has 0 aromatic heterocycles. The van der Waals surface area contributed by atoms with Gasteiger partial charge in [0.1, 0.15) is 11.8 Å². The zero-order valence-electron chi connectivity index (χ0n) is 12.4. The molecule has 0 bridgehead atoms. The second-order valence-electron chi connectivity index (χ2n) is 5.17. The predicted octanol–water partition coefficient (Wildman–Crippen LogP) is 1.76. The van der Waals surface area contributed by atoms with Crippen LogP contribution in [0.1, 0.15) is 19.4 Å². The summed E-state index contributed by atoms with van der Waals surface area (Å²) in [6.07, 6.45) is -0.654. The standard InChI is InChI=1S/C15H19ClN2O3/c1-9-8-12(16)4-5-13(9)21-11(3)15(20)18-7-6-17-14(19)10(18)2/h4-5,8,10-11H,6-7H2,1-3H3,(H,17,19). The Hall–Kier alpha value is -1.75. The average Bonchev–Trinajstić information content (AvgIpc) is 2.44. The Morgan fingerprint density at radius 3 is 2.90 bits per heavy atom. The van der Waals surface area contributed by atoms with Gasteiger partial charge >= 0.3 is 0 Å². The van der Waals surface area contributed by atoms with Crippen molar-refractivity contribution in [3.63, 3.8) is 0 Å². The van der Waals surface area contributed by atoms with Crippen molar-refractivity contribution in [2.45, 2.75) is 32.9 Å². The minimum Gasteiger partial charge on any atom is -0.481 e. The number of rotatable bonds is 3. The summed E-state index contributed by atoms with van der Waals surface area (Å²) in [5, 5.41) is 3.36. The van der Waals surface area contributed by atoms with E-state index in [1.807, 2.05) is 6.92 Å². The summed E-state index contributed by atoms with van der Waals surface area (Å²) in [5.74, 6) is 0.297. The molecule has 2 rings (SSSR count). The van der Waals surface area contributed by atoms with Crippen molar-refractivity contribution in [1.29, 1.82) is 0 Å². The number of hydrogen-bond donors (Lipinski definition) is 1. The first-order valence-electron chi connectivity index (χ1n) is 6.91. The van der Waals surface area contributed by atoms with Gasteiger partial charge in [0.05, 0.1) is 0 Å². The van der Waals surface area contributed by atoms with Crippen molar-refractivity contribution in [3.8, 4) is 5.75 Å². The van der Waals surface area contributed by atoms with Gasteiger partial charge in [-0.15, -0.1) is 0 Å². The summed E-state index contributed by atoms with van der Waals surface area (Å²) in [4.78, 5) is 25.6. The number of halogens is 1. The fourth-order valence-electron chi connectivity index (χ4n) is 2.30. The van der Waals surface area contributed by atoms with Crippen LogP contribution in [0.4, 0.5) is 0 Å². The third-order valence-corrected chi connectivity index (χ3v) is 3.81. The van der Waals surface area contributed by atoms with Crippen LogP contribution in [0.15, 0.2) is 18.2 Å². The van der Waals surface area contributed by atoms with E-state index in [2.05, 4.69) is 5.32 Å². The minimum absolute atomic E-state index is 0.135. The lowest BCUT2D eigenvalue weighted by Gasteiger charge is -2.34. The van der Waals surface area contributed by atoms with Crippen LogP contribution in [0.3, 0.4) is 0 Å². The molecule has 0 aliphatic carbocycles. The molecule has 1 N–H and O–H groups in total. The van der Waals surface area contributed by atoms with Crippen LogP contribution in [0.5, 0.6) is 5.75 Å². The SMILES string of the molecule is Cc1cc(Cl)ccc1OC(C)C(=O)N1CCNC(=O)C1C. The normalized spacial score (nSPS) is 19.9. The zero-order chi connectivity index (χ0) is 15.6. The first-order chi connectivity index (χ1) is 9.90. The van der Waals surface area contributed by atoms with Gasteiger partial charge in [0.25, 0.3) is 5.91 Å². The molecule has 2 amide bonds. The third-order valence-electron chi connectivity index (χ3n) is 3.57. The van der Waals surface area contributed by atoms with E-state index in [4.69, 9.17) is 16.3 Å². The van der Waals surface area contributed by atoms with Gasteiger partial charge in [0, 0.05) is 18.1 Å². The molecule has 6 heteroatoms. The maximum Gasteiger partial charge on any atom is 0.264 e. The molecule has 114 valence electrons. The van der Waals surface area contributed by atoms with Crippen LogP contribution in [0.25, 0.3) is 0 Å². The maximum absolute atomic E-state index is 12.4. The molecule has 1 fully saturated rings. The highest BCUT2D eigenvalue weighted by molar-refractivity contribution is 6.30. The molecular formula is C15H19ClN2O3. The van der Waals surface area contributed by atoms with Crippen molar-refractivity contribution >= 4 is 23.4 Å². The molecule has 1 aliphatic heterocycles. The molecule has 0 radical (unpaired) electrons. The molecule has 2 unspecified atom stereocenters. The van der Waals surface area contributed by atoms with Gasteiger partial charge in [-0.1, -0.05) is 11.6 Å². The van der Waals surface area contributed by atoms with Gasteiger partial charge < -0.3 is 15.0 Å². The van der Waals surface area contributed by atoms with E-state index in [9.17, 15) is 9.59 Å². The number of nitrogens with zero attached hydrogens (tertiary/aromatic N) is 1. The Morgan fingerprint density at radius 2 is 2.24 bits per heavy atom. The number of carbonyl (C=O) groups is 2. The molecule has 1 aromatic carbocycles. The molecule has 1 aliphatic rings. The third kappa shape index (κ3) is 3.47. The van der Waals surface area contributed by atoms with Crippen LogP contribution in [0, 0.1) is 6.92 Å². The average molecular weight is 311 g/mol. The second-order valence-corrected chi connectivity index (χ2v) is 5.60. The molecule has 1 aromatic rings. The summed E-state index contributed by atoms with van der Waals surface area (Å²) in [7, 11) is 0. The quantitative estimate of drug-likeness (QED) is 0.925. The first kappa shape index (κ1) is 15.6. The monoisotopic (exact) mass is 310 g/mol. The lowest BCUT2D eigenvalue weighted by atomic mass is 10.1. The van der Waals surface area contributed by atoms with Crippen LogP contribution in [0.2, 0.25) is 5.02 Å². The van der Waals surface area contributed by atoms with Crippen molar-refractivity contribution in [2.24, 2.45) is 0 Å². The number of nitrogens with one attached hydrogen (secondary N) is 1. The highest BCUT2D eigenvalue weighted by atomic mass is 35.5. The number of hydrogen-bond acceptors (Lipinski definition) is 3. The van der Waals surface area contributed by atoms with Gasteiger partial charge in [0.2, 0.25) is 5.91 Å². The molecule has 1 saturated heterocycles. The summed E-state index contributed by atoms with van der Waals surface area (Å²) in [6, 6.07) is 4.78. The highest BCUT2D eigenvalue weighted by Gasteiger charge is 2.32. The van der Waals surface area contributed by atoms with E-state index >= 15 is 0 Å². The van der Waals surface area contributed by atoms with E-state index in [1.165, 1.54) is 0 Å². The molecule has 5 nitrogen and oxygen atoms in total. The number of piperazine rings is 1. The van der Waals surface area contributed by atoms with Gasteiger partial charge in [-0.2, -0.15) is 0 Å². The molecule has 2 atom stereocenters. The van der Waals surface area contributed by atoms with Crippen LogP contribution in [-0.2, 0) is 9.59 Å². The summed E-state index contributed by atoms with van der Waals surface area (Å²) >= 11 is 5.90. The van der Waals surface area contributed by atoms with E-state index in [1.54, 1.807) is 36.9 Å². The maximum atomic E-state index is 12.4. The molecule has 0 spiro atoms. The molecule has 21 heavy (non-hydrogen) atoms. The van der Waals surface area contributed by atoms with Gasteiger partial charge in [0.15, 0.2) is 6.10 Å². The topological polar surface area (TPSA) is 58.6 Å². The minimum atomic E-state index is -0.654. The van der Waals surface area contributed by atoms with Crippen molar-refractivity contribution in [3.05, 3.63) is 28.8 Å². The van der Waals surface area contributed by atoms with E-state index in [-0.39, 0.29) is 11.8 Å². The van der Waals surface area contributed by atoms with Crippen molar-refractivity contribution < 1.29 is 14.3 Å². The number of aryl methyl sites for hydroxylation is 1. The fraction of sp³-hybridized carbons (Fsp3) is 0.467. The van der Waals surface area contributed by atoms with Crippen LogP contribution < -0.4 is 10.1 Å². The molecule has 1 heterocycles. The van der Waals surface area contributed by atoms with Gasteiger partial charge in [-0.25, -0.2) is 0 Å². The Balaban J connectivity index is 2.07. The summed E-state index contributed by atoms with van der Waals surface area (Å²) < 4.78 is 5.72. The lowest BCUT2D eigenvalue weighted by Crippen LogP contribution is -2.58. The largest absolute Gasteiger partial charge is 0.481 e. The number of benzene rings is 1. The Bertz CT molecular complexity index is 562. The molecule has 0 saturated carbocycles. The lowest BCUT2D eigenvalue weighted by molar-refractivity contribution is -0.147. The first-order valence-corrected chi connectivity index (χ1v) is 7.29. The molecular weight excluding hydrogens is 292 g/mol. The predicted molar refractivity (Wildman–Crippen MR) is 80.5 cm³/mol. The van der Waals surface area contributed by atoms with Gasteiger partial charge in [-0.3, -0.25) is 9.59 Å². The Labute approximate surface area is 129 Å². The number of amides is 2. The zero-order valence-corrected chi connectivity index (χ0v) is 13.1. The fourth-order valence-corrected chi connectivity index (χ4v) is 2.53. The number of ether oxygens (including phenoxy) is 1.